The average Bonchev–Trinajstić information content (AvgIpc) is 2.67. The van der Waals surface area contributed by atoms with Crippen LogP contribution in [0.2, 0.25) is 0 Å². The maximum Gasteiger partial charge on any atom is 0.344 e. The van der Waals surface area contributed by atoms with Gasteiger partial charge in [0.1, 0.15) is 11.2 Å². The van der Waals surface area contributed by atoms with Crippen LogP contribution >= 0.6 is 15.9 Å². The first-order chi connectivity index (χ1) is 13.5. The fraction of sp³-hybridized carbons (Fsp3) is 0.143. The number of hydrogen-bond acceptors (Lipinski definition) is 6. The number of benzene rings is 2. The molecule has 2 N–H and O–H groups in total. The SMILES string of the molecule is CCOC(=O)C1=C(N)Oc2c(c(=O)oc3ccccc23)[C@H]1c1ccccc1Br. The van der Waals surface area contributed by atoms with Crippen LogP contribution in [0.1, 0.15) is 24.0 Å². The molecule has 28 heavy (non-hydrogen) atoms. The second-order valence-corrected chi connectivity index (χ2v) is 7.04. The zero-order chi connectivity index (χ0) is 19.8. The van der Waals surface area contributed by atoms with E-state index in [9.17, 15) is 9.59 Å². The molecule has 2 heterocycles. The molecule has 142 valence electrons. The van der Waals surface area contributed by atoms with Crippen LogP contribution in [0, 0.1) is 0 Å². The predicted octanol–water partition coefficient (Wildman–Crippen LogP) is 3.81. The molecule has 0 saturated carbocycles. The number of rotatable bonds is 3. The molecule has 0 saturated heterocycles. The van der Waals surface area contributed by atoms with E-state index in [1.165, 1.54) is 0 Å². The predicted molar refractivity (Wildman–Crippen MR) is 107 cm³/mol. The molecule has 2 aromatic carbocycles. The fourth-order valence-corrected chi connectivity index (χ4v) is 3.91. The van der Waals surface area contributed by atoms with Crippen molar-refractivity contribution in [2.45, 2.75) is 12.8 Å². The molecule has 1 aliphatic heterocycles. The molecule has 1 aliphatic rings. The number of para-hydroxylation sites is 1. The topological polar surface area (TPSA) is 91.8 Å². The lowest BCUT2D eigenvalue weighted by molar-refractivity contribution is -0.139. The minimum Gasteiger partial charge on any atom is -0.462 e. The normalized spacial score (nSPS) is 15.9. The molecule has 0 amide bonds. The number of halogens is 1. The van der Waals surface area contributed by atoms with Crippen molar-refractivity contribution in [3.8, 4) is 5.75 Å². The summed E-state index contributed by atoms with van der Waals surface area (Å²) in [6, 6.07) is 14.3. The summed E-state index contributed by atoms with van der Waals surface area (Å²) in [4.78, 5) is 25.6. The van der Waals surface area contributed by atoms with E-state index in [1.54, 1.807) is 31.2 Å². The maximum atomic E-state index is 12.9. The number of ether oxygens (including phenoxy) is 2. The number of fused-ring (bicyclic) bond motifs is 3. The van der Waals surface area contributed by atoms with Gasteiger partial charge in [-0.1, -0.05) is 46.3 Å². The van der Waals surface area contributed by atoms with E-state index >= 15 is 0 Å². The Bertz CT molecular complexity index is 1180. The Hall–Kier alpha value is -3.06. The van der Waals surface area contributed by atoms with Gasteiger partial charge in [-0.05, 0) is 30.7 Å². The first kappa shape index (κ1) is 18.3. The minimum absolute atomic E-state index is 0.0730. The fourth-order valence-electron chi connectivity index (χ4n) is 3.39. The van der Waals surface area contributed by atoms with Gasteiger partial charge in [-0.2, -0.15) is 0 Å². The van der Waals surface area contributed by atoms with Crippen LogP contribution in [0.25, 0.3) is 11.0 Å². The largest absolute Gasteiger partial charge is 0.462 e. The maximum absolute atomic E-state index is 12.9. The Kier molecular flexibility index (Phi) is 4.68. The van der Waals surface area contributed by atoms with Crippen molar-refractivity contribution in [3.05, 3.63) is 86.0 Å². The van der Waals surface area contributed by atoms with Crippen LogP contribution in [0.5, 0.6) is 5.75 Å². The Morgan fingerprint density at radius 2 is 1.89 bits per heavy atom. The van der Waals surface area contributed by atoms with Crippen LogP contribution in [0.3, 0.4) is 0 Å². The van der Waals surface area contributed by atoms with Crippen LogP contribution in [-0.2, 0) is 9.53 Å². The molecule has 0 unspecified atom stereocenters. The monoisotopic (exact) mass is 441 g/mol. The number of carbonyl (C=O) groups excluding carboxylic acids is 1. The van der Waals surface area contributed by atoms with Gasteiger partial charge in [-0.3, -0.25) is 0 Å². The van der Waals surface area contributed by atoms with Crippen molar-refractivity contribution in [3.63, 3.8) is 0 Å². The Balaban J connectivity index is 2.07. The summed E-state index contributed by atoms with van der Waals surface area (Å²) in [6.07, 6.45) is 0. The zero-order valence-electron chi connectivity index (χ0n) is 14.9. The molecule has 4 rings (SSSR count). The van der Waals surface area contributed by atoms with Gasteiger partial charge in [0.05, 0.1) is 23.5 Å². The van der Waals surface area contributed by atoms with Crippen LogP contribution in [0.4, 0.5) is 0 Å². The number of hydrogen-bond donors (Lipinski definition) is 1. The van der Waals surface area contributed by atoms with E-state index in [4.69, 9.17) is 19.6 Å². The van der Waals surface area contributed by atoms with E-state index in [1.807, 2.05) is 24.3 Å². The number of nitrogens with two attached hydrogens (primary N) is 1. The van der Waals surface area contributed by atoms with Crippen molar-refractivity contribution >= 4 is 32.9 Å². The van der Waals surface area contributed by atoms with Crippen molar-refractivity contribution in [2.24, 2.45) is 5.73 Å². The highest BCUT2D eigenvalue weighted by atomic mass is 79.9. The molecule has 7 heteroatoms. The van der Waals surface area contributed by atoms with E-state index in [2.05, 4.69) is 15.9 Å². The Labute approximate surface area is 168 Å². The summed E-state index contributed by atoms with van der Waals surface area (Å²) in [5, 5.41) is 0.597. The van der Waals surface area contributed by atoms with Crippen LogP contribution in [-0.4, -0.2) is 12.6 Å². The van der Waals surface area contributed by atoms with Gasteiger partial charge in [-0.25, -0.2) is 9.59 Å². The van der Waals surface area contributed by atoms with Gasteiger partial charge in [0.25, 0.3) is 0 Å². The molecule has 6 nitrogen and oxygen atoms in total. The smallest absolute Gasteiger partial charge is 0.344 e. The lowest BCUT2D eigenvalue weighted by Crippen LogP contribution is -2.31. The quantitative estimate of drug-likeness (QED) is 0.490. The van der Waals surface area contributed by atoms with Crippen molar-refractivity contribution in [1.82, 2.24) is 0 Å². The molecular weight excluding hydrogens is 426 g/mol. The van der Waals surface area contributed by atoms with Gasteiger partial charge < -0.3 is 19.6 Å². The lowest BCUT2D eigenvalue weighted by Gasteiger charge is -2.28. The highest BCUT2D eigenvalue weighted by molar-refractivity contribution is 9.10. The molecule has 3 aromatic rings. The second kappa shape index (κ2) is 7.16. The summed E-state index contributed by atoms with van der Waals surface area (Å²) >= 11 is 3.50. The molecule has 0 spiro atoms. The van der Waals surface area contributed by atoms with Crippen molar-refractivity contribution in [1.29, 1.82) is 0 Å². The van der Waals surface area contributed by atoms with E-state index in [0.717, 1.165) is 4.47 Å². The van der Waals surface area contributed by atoms with Gasteiger partial charge in [0.2, 0.25) is 5.88 Å². The summed E-state index contributed by atoms with van der Waals surface area (Å²) in [7, 11) is 0. The third-order valence-electron chi connectivity index (χ3n) is 4.57. The van der Waals surface area contributed by atoms with Crippen LogP contribution in [0.15, 0.2) is 73.7 Å². The number of carbonyl (C=O) groups is 1. The third kappa shape index (κ3) is 2.88. The zero-order valence-corrected chi connectivity index (χ0v) is 16.5. The summed E-state index contributed by atoms with van der Waals surface area (Å²) < 4.78 is 17.2. The highest BCUT2D eigenvalue weighted by Crippen LogP contribution is 2.45. The molecule has 1 atom stereocenters. The van der Waals surface area contributed by atoms with Crippen LogP contribution < -0.4 is 16.1 Å². The minimum atomic E-state index is -0.792. The van der Waals surface area contributed by atoms with E-state index in [0.29, 0.717) is 16.5 Å². The third-order valence-corrected chi connectivity index (χ3v) is 5.29. The van der Waals surface area contributed by atoms with Gasteiger partial charge in [0.15, 0.2) is 5.75 Å². The molecule has 0 radical (unpaired) electrons. The standard InChI is InChI=1S/C21H16BrNO5/c1-2-26-20(24)17-15(11-7-3-5-9-13(11)22)16-18(28-19(17)23)12-8-4-6-10-14(12)27-21(16)25/h3-10,15H,2,23H2,1H3/t15-/m1/s1. The van der Waals surface area contributed by atoms with E-state index < -0.39 is 17.5 Å². The van der Waals surface area contributed by atoms with Gasteiger partial charge in [-0.15, -0.1) is 0 Å². The van der Waals surface area contributed by atoms with Crippen molar-refractivity contribution < 1.29 is 18.7 Å². The Morgan fingerprint density at radius 1 is 1.18 bits per heavy atom. The first-order valence-corrected chi connectivity index (χ1v) is 9.47. The number of esters is 1. The lowest BCUT2D eigenvalue weighted by atomic mass is 9.83. The molecule has 0 aliphatic carbocycles. The van der Waals surface area contributed by atoms with Gasteiger partial charge in [0, 0.05) is 4.47 Å². The summed E-state index contributed by atoms with van der Waals surface area (Å²) in [6.45, 7) is 1.86. The molecule has 1 aromatic heterocycles. The summed E-state index contributed by atoms with van der Waals surface area (Å²) in [5.74, 6) is -1.24. The van der Waals surface area contributed by atoms with Crippen molar-refractivity contribution in [2.75, 3.05) is 6.61 Å². The summed E-state index contributed by atoms with van der Waals surface area (Å²) in [5.41, 5.74) is 6.90. The highest BCUT2D eigenvalue weighted by Gasteiger charge is 2.39. The molecular formula is C21H16BrNO5. The molecule has 0 bridgehead atoms. The van der Waals surface area contributed by atoms with Gasteiger partial charge >= 0.3 is 11.6 Å². The average molecular weight is 442 g/mol. The first-order valence-electron chi connectivity index (χ1n) is 8.67. The van der Waals surface area contributed by atoms with E-state index in [-0.39, 0.29) is 29.4 Å². The molecule has 0 fully saturated rings. The second-order valence-electron chi connectivity index (χ2n) is 6.18. The Morgan fingerprint density at radius 3 is 2.64 bits per heavy atom.